The molecule has 1 aliphatic rings. The fourth-order valence-electron chi connectivity index (χ4n) is 2.21. The fraction of sp³-hybridized carbons (Fsp3) is 0.636. The highest BCUT2D eigenvalue weighted by Crippen LogP contribution is 2.24. The summed E-state index contributed by atoms with van der Waals surface area (Å²) in [6.07, 6.45) is 8.22. The van der Waals surface area contributed by atoms with Crippen LogP contribution in [0.25, 0.3) is 0 Å². The van der Waals surface area contributed by atoms with E-state index in [0.717, 1.165) is 6.54 Å². The van der Waals surface area contributed by atoms with Crippen LogP contribution in [0.15, 0.2) is 12.3 Å². The van der Waals surface area contributed by atoms with E-state index >= 15 is 0 Å². The number of hydrogen-bond donors (Lipinski definition) is 1. The van der Waals surface area contributed by atoms with Crippen molar-refractivity contribution in [2.75, 3.05) is 0 Å². The van der Waals surface area contributed by atoms with Gasteiger partial charge in [0, 0.05) is 12.7 Å². The summed E-state index contributed by atoms with van der Waals surface area (Å²) >= 11 is 0. The van der Waals surface area contributed by atoms with E-state index in [1.165, 1.54) is 32.1 Å². The van der Waals surface area contributed by atoms with Gasteiger partial charge in [-0.3, -0.25) is 4.68 Å². The van der Waals surface area contributed by atoms with Crippen molar-refractivity contribution in [1.82, 2.24) is 9.78 Å². The predicted molar refractivity (Wildman–Crippen MR) is 55.8 cm³/mol. The average Bonchev–Trinajstić information content (AvgIpc) is 2.68. The van der Waals surface area contributed by atoms with Gasteiger partial charge in [0.25, 0.3) is 0 Å². The molecule has 1 aliphatic carbocycles. The summed E-state index contributed by atoms with van der Waals surface area (Å²) < 4.78 is 1.76. The highest BCUT2D eigenvalue weighted by Gasteiger charge is 2.15. The van der Waals surface area contributed by atoms with E-state index in [2.05, 4.69) is 5.10 Å². The summed E-state index contributed by atoms with van der Waals surface area (Å²) in [5.74, 6) is -0.266. The van der Waals surface area contributed by atoms with E-state index in [4.69, 9.17) is 5.11 Å². The number of rotatable bonds is 3. The molecule has 4 heteroatoms. The summed E-state index contributed by atoms with van der Waals surface area (Å²) in [4.78, 5) is 10.6. The number of aromatic nitrogens is 2. The van der Waals surface area contributed by atoms with Crippen LogP contribution in [0.1, 0.15) is 42.6 Å². The van der Waals surface area contributed by atoms with Gasteiger partial charge in [-0.05, 0) is 24.8 Å². The van der Waals surface area contributed by atoms with Crippen LogP contribution in [-0.4, -0.2) is 20.9 Å². The van der Waals surface area contributed by atoms with Crippen molar-refractivity contribution in [3.05, 3.63) is 18.0 Å². The lowest BCUT2D eigenvalue weighted by molar-refractivity contribution is 0.0689. The van der Waals surface area contributed by atoms with Gasteiger partial charge in [-0.1, -0.05) is 19.3 Å². The van der Waals surface area contributed by atoms with Crippen LogP contribution in [-0.2, 0) is 6.54 Å². The second-order valence-corrected chi connectivity index (χ2v) is 4.23. The molecule has 0 bridgehead atoms. The molecule has 1 saturated carbocycles. The third kappa shape index (κ3) is 2.58. The van der Waals surface area contributed by atoms with E-state index in [-0.39, 0.29) is 5.69 Å². The van der Waals surface area contributed by atoms with Crippen LogP contribution in [0, 0.1) is 5.92 Å². The topological polar surface area (TPSA) is 55.1 Å². The molecule has 0 atom stereocenters. The first-order chi connectivity index (χ1) is 7.25. The Morgan fingerprint density at radius 2 is 2.20 bits per heavy atom. The van der Waals surface area contributed by atoms with Crippen LogP contribution >= 0.6 is 0 Å². The Kier molecular flexibility index (Phi) is 3.04. The normalized spacial score (nSPS) is 17.9. The molecule has 0 saturated heterocycles. The molecule has 4 nitrogen and oxygen atoms in total. The van der Waals surface area contributed by atoms with Crippen molar-refractivity contribution in [3.63, 3.8) is 0 Å². The Labute approximate surface area is 88.9 Å². The van der Waals surface area contributed by atoms with Crippen molar-refractivity contribution in [1.29, 1.82) is 0 Å². The molecule has 2 rings (SSSR count). The van der Waals surface area contributed by atoms with Crippen molar-refractivity contribution in [3.8, 4) is 0 Å². The third-order valence-corrected chi connectivity index (χ3v) is 3.03. The molecule has 15 heavy (non-hydrogen) atoms. The Morgan fingerprint density at radius 1 is 1.47 bits per heavy atom. The standard InChI is InChI=1S/C11H16N2O2/c14-11(15)10-6-7-13(12-10)8-9-4-2-1-3-5-9/h6-7,9H,1-5,8H2,(H,14,15). The molecule has 0 unspecified atom stereocenters. The molecular weight excluding hydrogens is 192 g/mol. The Bertz CT molecular complexity index is 340. The summed E-state index contributed by atoms with van der Waals surface area (Å²) in [5.41, 5.74) is 0.144. The van der Waals surface area contributed by atoms with Crippen LogP contribution in [0.5, 0.6) is 0 Å². The van der Waals surface area contributed by atoms with Crippen molar-refractivity contribution < 1.29 is 9.90 Å². The van der Waals surface area contributed by atoms with Crippen LogP contribution in [0.2, 0.25) is 0 Å². The molecule has 1 heterocycles. The first-order valence-corrected chi connectivity index (χ1v) is 5.52. The van der Waals surface area contributed by atoms with Crippen molar-refractivity contribution in [2.45, 2.75) is 38.6 Å². The van der Waals surface area contributed by atoms with E-state index in [1.54, 1.807) is 16.9 Å². The SMILES string of the molecule is O=C(O)c1ccn(CC2CCCCC2)n1. The summed E-state index contributed by atoms with van der Waals surface area (Å²) in [7, 11) is 0. The van der Waals surface area contributed by atoms with E-state index in [0.29, 0.717) is 5.92 Å². The Balaban J connectivity index is 1.94. The maximum absolute atomic E-state index is 10.6. The first kappa shape index (κ1) is 10.2. The number of carboxylic acid groups (broad SMARTS) is 1. The van der Waals surface area contributed by atoms with E-state index in [1.807, 2.05) is 0 Å². The summed E-state index contributed by atoms with van der Waals surface area (Å²) in [5, 5.41) is 12.7. The minimum atomic E-state index is -0.947. The molecule has 1 aromatic rings. The zero-order chi connectivity index (χ0) is 10.7. The molecule has 0 aromatic carbocycles. The second-order valence-electron chi connectivity index (χ2n) is 4.23. The van der Waals surface area contributed by atoms with Gasteiger partial charge in [0.1, 0.15) is 0 Å². The highest BCUT2D eigenvalue weighted by atomic mass is 16.4. The third-order valence-electron chi connectivity index (χ3n) is 3.03. The second kappa shape index (κ2) is 4.47. The zero-order valence-electron chi connectivity index (χ0n) is 8.72. The van der Waals surface area contributed by atoms with E-state index < -0.39 is 5.97 Å². The fourth-order valence-corrected chi connectivity index (χ4v) is 2.21. The molecule has 82 valence electrons. The summed E-state index contributed by atoms with van der Waals surface area (Å²) in [6.45, 7) is 0.868. The number of carboxylic acids is 1. The van der Waals surface area contributed by atoms with Crippen molar-refractivity contribution >= 4 is 5.97 Å². The van der Waals surface area contributed by atoms with Gasteiger partial charge < -0.3 is 5.11 Å². The lowest BCUT2D eigenvalue weighted by Gasteiger charge is -2.21. The van der Waals surface area contributed by atoms with Crippen LogP contribution in [0.4, 0.5) is 0 Å². The average molecular weight is 208 g/mol. The van der Waals surface area contributed by atoms with E-state index in [9.17, 15) is 4.79 Å². The minimum Gasteiger partial charge on any atom is -0.476 e. The zero-order valence-corrected chi connectivity index (χ0v) is 8.72. The first-order valence-electron chi connectivity index (χ1n) is 5.52. The van der Waals surface area contributed by atoms with Gasteiger partial charge in [0.15, 0.2) is 5.69 Å². The van der Waals surface area contributed by atoms with Crippen molar-refractivity contribution in [2.24, 2.45) is 5.92 Å². The van der Waals surface area contributed by atoms with Gasteiger partial charge in [0.05, 0.1) is 0 Å². The maximum Gasteiger partial charge on any atom is 0.356 e. The Hall–Kier alpha value is -1.32. The smallest absolute Gasteiger partial charge is 0.356 e. The molecule has 0 aliphatic heterocycles. The molecular formula is C11H16N2O2. The number of hydrogen-bond acceptors (Lipinski definition) is 2. The minimum absolute atomic E-state index is 0.144. The molecule has 0 amide bonds. The molecule has 1 fully saturated rings. The molecule has 1 N–H and O–H groups in total. The predicted octanol–water partition coefficient (Wildman–Crippen LogP) is 2.16. The van der Waals surface area contributed by atoms with Crippen LogP contribution < -0.4 is 0 Å². The molecule has 1 aromatic heterocycles. The lowest BCUT2D eigenvalue weighted by Crippen LogP contribution is -2.15. The quantitative estimate of drug-likeness (QED) is 0.828. The van der Waals surface area contributed by atoms with Gasteiger partial charge in [-0.2, -0.15) is 5.10 Å². The van der Waals surface area contributed by atoms with Gasteiger partial charge in [-0.15, -0.1) is 0 Å². The monoisotopic (exact) mass is 208 g/mol. The lowest BCUT2D eigenvalue weighted by atomic mass is 9.89. The highest BCUT2D eigenvalue weighted by molar-refractivity contribution is 5.84. The number of carbonyl (C=O) groups is 1. The maximum atomic E-state index is 10.6. The molecule has 0 spiro atoms. The van der Waals surface area contributed by atoms with Gasteiger partial charge in [0.2, 0.25) is 0 Å². The summed E-state index contributed by atoms with van der Waals surface area (Å²) in [6, 6.07) is 1.56. The Morgan fingerprint density at radius 3 is 2.80 bits per heavy atom. The number of aromatic carboxylic acids is 1. The van der Waals surface area contributed by atoms with Gasteiger partial charge >= 0.3 is 5.97 Å². The van der Waals surface area contributed by atoms with Gasteiger partial charge in [-0.25, -0.2) is 4.79 Å². The molecule has 0 radical (unpaired) electrons. The number of nitrogens with zero attached hydrogens (tertiary/aromatic N) is 2. The van der Waals surface area contributed by atoms with Crippen LogP contribution in [0.3, 0.4) is 0 Å². The largest absolute Gasteiger partial charge is 0.476 e.